The quantitative estimate of drug-likeness (QED) is 0.543. The van der Waals surface area contributed by atoms with Crippen molar-refractivity contribution in [2.45, 2.75) is 64.6 Å². The van der Waals surface area contributed by atoms with Gasteiger partial charge < -0.3 is 4.43 Å². The second kappa shape index (κ2) is 5.17. The summed E-state index contributed by atoms with van der Waals surface area (Å²) in [7, 11) is -2.16. The Labute approximate surface area is 101 Å². The van der Waals surface area contributed by atoms with Crippen molar-refractivity contribution in [3.63, 3.8) is 0 Å². The van der Waals surface area contributed by atoms with Crippen LogP contribution in [0.4, 0.5) is 0 Å². The number of hydrogen-bond donors (Lipinski definition) is 0. The van der Waals surface area contributed by atoms with E-state index in [0.29, 0.717) is 11.1 Å². The fraction of sp³-hybridized carbons (Fsp3) is 0.769. The fourth-order valence-electron chi connectivity index (χ4n) is 3.00. The zero-order valence-corrected chi connectivity index (χ0v) is 12.8. The molecule has 0 atom stereocenters. The zero-order valence-electron chi connectivity index (χ0n) is 11.8. The van der Waals surface area contributed by atoms with Gasteiger partial charge >= 0.3 is 5.97 Å². The van der Waals surface area contributed by atoms with E-state index in [2.05, 4.69) is 55.0 Å². The van der Waals surface area contributed by atoms with Crippen LogP contribution < -0.4 is 0 Å². The van der Waals surface area contributed by atoms with E-state index in [9.17, 15) is 4.79 Å². The van der Waals surface area contributed by atoms with E-state index in [-0.39, 0.29) is 11.0 Å². The fourth-order valence-corrected chi connectivity index (χ4v) is 8.99. The lowest BCUT2D eigenvalue weighted by molar-refractivity contribution is -0.130. The minimum Gasteiger partial charge on any atom is -0.515 e. The van der Waals surface area contributed by atoms with Crippen LogP contribution in [0.15, 0.2) is 12.7 Å². The largest absolute Gasteiger partial charge is 0.515 e. The molecule has 0 aliphatic heterocycles. The van der Waals surface area contributed by atoms with E-state index < -0.39 is 8.32 Å². The van der Waals surface area contributed by atoms with Gasteiger partial charge in [0, 0.05) is 6.08 Å². The molecule has 0 amide bonds. The van der Waals surface area contributed by atoms with E-state index in [1.807, 2.05) is 0 Å². The SMILES string of the molecule is C=CC(=O)O[Si](C(C)C)(C(C)C)C(C)(C)C. The average Bonchev–Trinajstić information content (AvgIpc) is 2.10. The molecule has 16 heavy (non-hydrogen) atoms. The first-order valence-electron chi connectivity index (χ1n) is 5.95. The van der Waals surface area contributed by atoms with Gasteiger partial charge in [0.2, 0.25) is 0 Å². The highest BCUT2D eigenvalue weighted by Crippen LogP contribution is 2.50. The first-order valence-corrected chi connectivity index (χ1v) is 8.01. The van der Waals surface area contributed by atoms with Crippen molar-refractivity contribution in [1.29, 1.82) is 0 Å². The minimum atomic E-state index is -2.16. The average molecular weight is 242 g/mol. The van der Waals surface area contributed by atoms with Crippen LogP contribution in [0, 0.1) is 0 Å². The summed E-state index contributed by atoms with van der Waals surface area (Å²) in [5.41, 5.74) is 0.799. The van der Waals surface area contributed by atoms with Crippen molar-refractivity contribution in [2.75, 3.05) is 0 Å². The van der Waals surface area contributed by atoms with E-state index in [1.54, 1.807) is 0 Å². The van der Waals surface area contributed by atoms with Crippen molar-refractivity contribution in [1.82, 2.24) is 0 Å². The van der Waals surface area contributed by atoms with E-state index in [0.717, 1.165) is 0 Å². The van der Waals surface area contributed by atoms with Crippen molar-refractivity contribution in [2.24, 2.45) is 0 Å². The summed E-state index contributed by atoms with van der Waals surface area (Å²) < 4.78 is 5.86. The molecule has 0 aromatic rings. The zero-order chi connectivity index (χ0) is 13.1. The topological polar surface area (TPSA) is 26.3 Å². The molecule has 3 heteroatoms. The molecule has 0 N–H and O–H groups in total. The smallest absolute Gasteiger partial charge is 0.316 e. The first-order chi connectivity index (χ1) is 7.09. The lowest BCUT2D eigenvalue weighted by Crippen LogP contribution is -2.53. The number of rotatable bonds is 4. The Balaban J connectivity index is 5.45. The molecule has 0 saturated heterocycles. The Morgan fingerprint density at radius 3 is 1.75 bits per heavy atom. The van der Waals surface area contributed by atoms with Gasteiger partial charge in [-0.2, -0.15) is 0 Å². The minimum absolute atomic E-state index is 0.0357. The maximum absolute atomic E-state index is 11.6. The summed E-state index contributed by atoms with van der Waals surface area (Å²) in [5.74, 6) is -0.274. The van der Waals surface area contributed by atoms with Crippen LogP contribution in [0.3, 0.4) is 0 Å². The highest BCUT2D eigenvalue weighted by Gasteiger charge is 2.54. The summed E-state index contributed by atoms with van der Waals surface area (Å²) in [5, 5.41) is 0.0357. The van der Waals surface area contributed by atoms with Crippen LogP contribution in [0.5, 0.6) is 0 Å². The lowest BCUT2D eigenvalue weighted by Gasteiger charge is -2.47. The molecule has 0 radical (unpaired) electrons. The third kappa shape index (κ3) is 2.76. The Kier molecular flexibility index (Phi) is 4.99. The maximum Gasteiger partial charge on any atom is 0.316 e. The standard InChI is InChI=1S/C13H26O2Si/c1-9-12(14)15-16(10(2)3,11(4)5)13(6,7)8/h9-11H,1H2,2-8H3. The molecule has 94 valence electrons. The Bertz CT molecular complexity index is 254. The molecule has 0 bridgehead atoms. The second-order valence-corrected chi connectivity index (χ2v) is 11.6. The molecule has 0 spiro atoms. The monoisotopic (exact) mass is 242 g/mol. The molecular formula is C13H26O2Si. The van der Waals surface area contributed by atoms with Gasteiger partial charge in [-0.15, -0.1) is 0 Å². The van der Waals surface area contributed by atoms with Gasteiger partial charge in [0.15, 0.2) is 0 Å². The third-order valence-corrected chi connectivity index (χ3v) is 9.64. The van der Waals surface area contributed by atoms with Gasteiger partial charge in [0.1, 0.15) is 0 Å². The van der Waals surface area contributed by atoms with Gasteiger partial charge in [0.05, 0.1) is 0 Å². The molecule has 0 fully saturated rings. The van der Waals surface area contributed by atoms with Crippen LogP contribution >= 0.6 is 0 Å². The molecular weight excluding hydrogens is 216 g/mol. The predicted octanol–water partition coefficient (Wildman–Crippen LogP) is 4.28. The van der Waals surface area contributed by atoms with Crippen molar-refractivity contribution in [3.05, 3.63) is 12.7 Å². The van der Waals surface area contributed by atoms with E-state index in [1.165, 1.54) is 6.08 Å². The molecule has 0 aromatic carbocycles. The van der Waals surface area contributed by atoms with Crippen molar-refractivity contribution < 1.29 is 9.22 Å². The van der Waals surface area contributed by atoms with Gasteiger partial charge in [-0.3, -0.25) is 0 Å². The summed E-state index contributed by atoms with van der Waals surface area (Å²) in [6.45, 7) is 18.7. The van der Waals surface area contributed by atoms with E-state index >= 15 is 0 Å². The van der Waals surface area contributed by atoms with Gasteiger partial charge in [-0.1, -0.05) is 55.0 Å². The van der Waals surface area contributed by atoms with Gasteiger partial charge in [-0.25, -0.2) is 4.79 Å². The van der Waals surface area contributed by atoms with Gasteiger partial charge in [-0.05, 0) is 16.1 Å². The van der Waals surface area contributed by atoms with Gasteiger partial charge in [0.25, 0.3) is 8.32 Å². The Morgan fingerprint density at radius 2 is 1.56 bits per heavy atom. The summed E-state index contributed by atoms with van der Waals surface area (Å²) in [6.07, 6.45) is 1.28. The van der Waals surface area contributed by atoms with Crippen LogP contribution in [0.25, 0.3) is 0 Å². The summed E-state index contributed by atoms with van der Waals surface area (Å²) in [4.78, 5) is 11.6. The number of carbonyl (C=O) groups excluding carboxylic acids is 1. The predicted molar refractivity (Wildman–Crippen MR) is 72.0 cm³/mol. The Morgan fingerprint density at radius 1 is 1.19 bits per heavy atom. The second-order valence-electron chi connectivity index (χ2n) is 5.98. The normalized spacial score (nSPS) is 13.1. The number of carbonyl (C=O) groups is 1. The molecule has 0 unspecified atom stereocenters. The molecule has 0 saturated carbocycles. The lowest BCUT2D eigenvalue weighted by atomic mass is 10.2. The summed E-state index contributed by atoms with van der Waals surface area (Å²) in [6, 6.07) is 0. The van der Waals surface area contributed by atoms with Crippen molar-refractivity contribution >= 4 is 14.3 Å². The Hall–Kier alpha value is -0.573. The van der Waals surface area contributed by atoms with Crippen LogP contribution in [-0.4, -0.2) is 14.3 Å². The molecule has 0 aliphatic carbocycles. The summed E-state index contributed by atoms with van der Waals surface area (Å²) >= 11 is 0. The molecule has 2 nitrogen and oxygen atoms in total. The first kappa shape index (κ1) is 15.4. The maximum atomic E-state index is 11.6. The van der Waals surface area contributed by atoms with Crippen LogP contribution in [-0.2, 0) is 9.22 Å². The third-order valence-electron chi connectivity index (χ3n) is 3.32. The molecule has 0 aromatic heterocycles. The van der Waals surface area contributed by atoms with E-state index in [4.69, 9.17) is 4.43 Å². The highest BCUT2D eigenvalue weighted by molar-refractivity contribution is 6.80. The highest BCUT2D eigenvalue weighted by atomic mass is 28.4. The molecule has 0 rings (SSSR count). The number of hydrogen-bond acceptors (Lipinski definition) is 2. The van der Waals surface area contributed by atoms with Crippen LogP contribution in [0.2, 0.25) is 16.1 Å². The molecule has 0 heterocycles. The van der Waals surface area contributed by atoms with Crippen molar-refractivity contribution in [3.8, 4) is 0 Å². The van der Waals surface area contributed by atoms with Crippen LogP contribution in [0.1, 0.15) is 48.5 Å². The molecule has 0 aliphatic rings.